The molecule has 5 rings (SSSR count). The average Bonchev–Trinajstić information content (AvgIpc) is 3.41. The molecule has 1 aliphatic heterocycles. The number of nitrogens with zero attached hydrogens (tertiary/aromatic N) is 7. The second-order valence-electron chi connectivity index (χ2n) is 8.73. The highest BCUT2D eigenvalue weighted by molar-refractivity contribution is 5.98. The number of morpholine rings is 1. The number of oxime groups is 1. The largest absolute Gasteiger partial charge is 0.497 e. The summed E-state index contributed by atoms with van der Waals surface area (Å²) in [7, 11) is 1.65. The number of methoxy groups -OCH3 is 1. The first-order valence-electron chi connectivity index (χ1n) is 11.9. The fourth-order valence-electron chi connectivity index (χ4n) is 4.45. The third-order valence-corrected chi connectivity index (χ3v) is 6.64. The molecule has 35 heavy (non-hydrogen) atoms. The van der Waals surface area contributed by atoms with Crippen LogP contribution in [0.4, 0.5) is 0 Å². The minimum atomic E-state index is 0.173. The summed E-state index contributed by atoms with van der Waals surface area (Å²) in [5.74, 6) is 1.36. The lowest BCUT2D eigenvalue weighted by Crippen LogP contribution is -2.38. The summed E-state index contributed by atoms with van der Waals surface area (Å²) in [6.07, 6.45) is 1.73. The van der Waals surface area contributed by atoms with E-state index in [0.717, 1.165) is 73.1 Å². The van der Waals surface area contributed by atoms with Gasteiger partial charge in [-0.25, -0.2) is 14.5 Å². The molecule has 0 bridgehead atoms. The monoisotopic (exact) mass is 477 g/mol. The van der Waals surface area contributed by atoms with Crippen molar-refractivity contribution in [2.45, 2.75) is 33.9 Å². The third-order valence-electron chi connectivity index (χ3n) is 6.64. The van der Waals surface area contributed by atoms with Crippen LogP contribution in [-0.4, -0.2) is 74.7 Å². The van der Waals surface area contributed by atoms with Gasteiger partial charge in [0.25, 0.3) is 0 Å². The molecule has 0 spiro atoms. The molecule has 10 heteroatoms. The summed E-state index contributed by atoms with van der Waals surface area (Å²) in [4.78, 5) is 17.5. The maximum Gasteiger partial charge on any atom is 0.192 e. The van der Waals surface area contributed by atoms with Gasteiger partial charge in [-0.15, -0.1) is 5.10 Å². The SMILES string of the molecule is COc1ccc(/C(C)=N\OCc2nc3c4c(C)c(C)n(CCN5CCOCC5)c4ncn3n2)cc1. The van der Waals surface area contributed by atoms with E-state index in [1.807, 2.05) is 31.2 Å². The fourth-order valence-corrected chi connectivity index (χ4v) is 4.45. The minimum Gasteiger partial charge on any atom is -0.497 e. The zero-order valence-electron chi connectivity index (χ0n) is 20.7. The highest BCUT2D eigenvalue weighted by Gasteiger charge is 2.19. The first-order chi connectivity index (χ1) is 17.0. The zero-order valence-corrected chi connectivity index (χ0v) is 20.7. The molecule has 1 aliphatic rings. The van der Waals surface area contributed by atoms with E-state index in [1.54, 1.807) is 18.0 Å². The van der Waals surface area contributed by atoms with Crippen molar-refractivity contribution in [3.63, 3.8) is 0 Å². The molecule has 3 aromatic heterocycles. The Morgan fingerprint density at radius 1 is 1.09 bits per heavy atom. The van der Waals surface area contributed by atoms with Gasteiger partial charge in [0.1, 0.15) is 17.7 Å². The molecule has 10 nitrogen and oxygen atoms in total. The Balaban J connectivity index is 1.34. The average molecular weight is 478 g/mol. The Labute approximate surface area is 204 Å². The van der Waals surface area contributed by atoms with Gasteiger partial charge in [0.2, 0.25) is 0 Å². The van der Waals surface area contributed by atoms with E-state index < -0.39 is 0 Å². The van der Waals surface area contributed by atoms with Crippen LogP contribution in [0.5, 0.6) is 5.75 Å². The number of hydrogen-bond donors (Lipinski definition) is 0. The van der Waals surface area contributed by atoms with E-state index in [1.165, 1.54) is 11.3 Å². The molecule has 4 aromatic rings. The first-order valence-corrected chi connectivity index (χ1v) is 11.9. The van der Waals surface area contributed by atoms with Crippen LogP contribution in [-0.2, 0) is 22.7 Å². The lowest BCUT2D eigenvalue weighted by atomic mass is 10.1. The van der Waals surface area contributed by atoms with Crippen LogP contribution in [0.15, 0.2) is 35.7 Å². The van der Waals surface area contributed by atoms with E-state index in [-0.39, 0.29) is 6.61 Å². The number of rotatable bonds is 8. The van der Waals surface area contributed by atoms with Gasteiger partial charge < -0.3 is 18.9 Å². The minimum absolute atomic E-state index is 0.173. The van der Waals surface area contributed by atoms with E-state index in [4.69, 9.17) is 24.3 Å². The van der Waals surface area contributed by atoms with Crippen molar-refractivity contribution in [1.29, 1.82) is 0 Å². The van der Waals surface area contributed by atoms with Gasteiger partial charge in [0, 0.05) is 31.9 Å². The van der Waals surface area contributed by atoms with Crippen molar-refractivity contribution in [1.82, 2.24) is 29.0 Å². The summed E-state index contributed by atoms with van der Waals surface area (Å²) < 4.78 is 14.7. The van der Waals surface area contributed by atoms with Crippen LogP contribution in [0.1, 0.15) is 29.6 Å². The molecular formula is C25H31N7O3. The topological polar surface area (TPSA) is 91.3 Å². The standard InChI is InChI=1S/C25H31N7O3/c1-17-19(3)31(10-9-30-11-13-34-14-12-30)24-23(17)25-27-22(28-32(25)16-26-24)15-35-29-18(2)20-5-7-21(33-4)8-6-20/h5-8,16H,9-15H2,1-4H3/b29-18-. The van der Waals surface area contributed by atoms with Gasteiger partial charge in [-0.05, 0) is 56.2 Å². The van der Waals surface area contributed by atoms with Crippen molar-refractivity contribution >= 4 is 22.4 Å². The van der Waals surface area contributed by atoms with Gasteiger partial charge >= 0.3 is 0 Å². The highest BCUT2D eigenvalue weighted by atomic mass is 16.6. The molecule has 1 fully saturated rings. The molecule has 0 unspecified atom stereocenters. The smallest absolute Gasteiger partial charge is 0.192 e. The van der Waals surface area contributed by atoms with Crippen LogP contribution < -0.4 is 4.74 Å². The molecular weight excluding hydrogens is 446 g/mol. The van der Waals surface area contributed by atoms with E-state index >= 15 is 0 Å². The fraction of sp³-hybridized carbons (Fsp3) is 0.440. The Morgan fingerprint density at radius 3 is 2.60 bits per heavy atom. The highest BCUT2D eigenvalue weighted by Crippen LogP contribution is 2.27. The maximum atomic E-state index is 5.58. The summed E-state index contributed by atoms with van der Waals surface area (Å²) in [5, 5.41) is 9.82. The van der Waals surface area contributed by atoms with Gasteiger partial charge in [-0.1, -0.05) is 5.16 Å². The second kappa shape index (κ2) is 10.0. The van der Waals surface area contributed by atoms with Gasteiger partial charge in [0.15, 0.2) is 18.1 Å². The summed E-state index contributed by atoms with van der Waals surface area (Å²) in [6.45, 7) is 11.7. The quantitative estimate of drug-likeness (QED) is 0.285. The Bertz CT molecular complexity index is 1350. The van der Waals surface area contributed by atoms with E-state index in [2.05, 4.69) is 33.6 Å². The molecule has 1 aromatic carbocycles. The first kappa shape index (κ1) is 23.3. The summed E-state index contributed by atoms with van der Waals surface area (Å²) >= 11 is 0. The summed E-state index contributed by atoms with van der Waals surface area (Å²) in [6, 6.07) is 7.68. The third kappa shape index (κ3) is 4.71. The molecule has 0 atom stereocenters. The molecule has 0 aliphatic carbocycles. The lowest BCUT2D eigenvalue weighted by molar-refractivity contribution is 0.0364. The summed E-state index contributed by atoms with van der Waals surface area (Å²) in [5.41, 5.74) is 5.83. The Morgan fingerprint density at radius 2 is 1.86 bits per heavy atom. The van der Waals surface area contributed by atoms with Crippen LogP contribution >= 0.6 is 0 Å². The number of hydrogen-bond acceptors (Lipinski definition) is 8. The van der Waals surface area contributed by atoms with Gasteiger partial charge in [-0.2, -0.15) is 0 Å². The molecule has 1 saturated heterocycles. The van der Waals surface area contributed by atoms with E-state index in [0.29, 0.717) is 5.82 Å². The normalized spacial score (nSPS) is 15.3. The molecule has 0 radical (unpaired) electrons. The molecule has 0 saturated carbocycles. The predicted octanol–water partition coefficient (Wildman–Crippen LogP) is 2.98. The van der Waals surface area contributed by atoms with Crippen molar-refractivity contribution < 1.29 is 14.3 Å². The van der Waals surface area contributed by atoms with Crippen LogP contribution in [0.25, 0.3) is 16.7 Å². The van der Waals surface area contributed by atoms with Gasteiger partial charge in [0.05, 0.1) is 31.4 Å². The second-order valence-corrected chi connectivity index (χ2v) is 8.73. The zero-order chi connectivity index (χ0) is 24.4. The van der Waals surface area contributed by atoms with Crippen LogP contribution in [0, 0.1) is 13.8 Å². The van der Waals surface area contributed by atoms with Gasteiger partial charge in [-0.3, -0.25) is 4.90 Å². The Hall–Kier alpha value is -3.50. The molecule has 184 valence electrons. The van der Waals surface area contributed by atoms with Crippen molar-refractivity contribution in [3.05, 3.63) is 53.2 Å². The van der Waals surface area contributed by atoms with Crippen molar-refractivity contribution in [3.8, 4) is 5.75 Å². The number of benzene rings is 1. The molecule has 0 N–H and O–H groups in total. The van der Waals surface area contributed by atoms with E-state index in [9.17, 15) is 0 Å². The maximum absolute atomic E-state index is 5.58. The number of ether oxygens (including phenoxy) is 2. The number of aromatic nitrogens is 5. The van der Waals surface area contributed by atoms with Crippen molar-refractivity contribution in [2.24, 2.45) is 5.16 Å². The van der Waals surface area contributed by atoms with Crippen LogP contribution in [0.3, 0.4) is 0 Å². The van der Waals surface area contributed by atoms with Crippen LogP contribution in [0.2, 0.25) is 0 Å². The number of aryl methyl sites for hydroxylation is 1. The van der Waals surface area contributed by atoms with Crippen molar-refractivity contribution in [2.75, 3.05) is 40.0 Å². The number of fused-ring (bicyclic) bond motifs is 3. The molecule has 0 amide bonds. The predicted molar refractivity (Wildman–Crippen MR) is 133 cm³/mol. The Kier molecular flexibility index (Phi) is 6.65. The lowest BCUT2D eigenvalue weighted by Gasteiger charge is -2.26. The molecule has 4 heterocycles.